The smallest absolute Gasteiger partial charge is 0.271 e. The molecule has 0 spiro atoms. The molecule has 2 N–H and O–H groups in total. The van der Waals surface area contributed by atoms with Crippen LogP contribution >= 0.6 is 0 Å². The van der Waals surface area contributed by atoms with E-state index in [0.717, 1.165) is 18.4 Å². The molecule has 5 heteroatoms. The third-order valence-corrected chi connectivity index (χ3v) is 3.78. The van der Waals surface area contributed by atoms with Gasteiger partial charge in [-0.05, 0) is 48.7 Å². The first-order chi connectivity index (χ1) is 12.2. The quantitative estimate of drug-likeness (QED) is 0.628. The predicted octanol–water partition coefficient (Wildman–Crippen LogP) is 3.46. The summed E-state index contributed by atoms with van der Waals surface area (Å²) in [7, 11) is 0. The van der Waals surface area contributed by atoms with Crippen LogP contribution in [0.25, 0.3) is 6.08 Å². The van der Waals surface area contributed by atoms with Crippen LogP contribution in [-0.2, 0) is 4.79 Å². The number of carbonyl (C=O) groups is 2. The van der Waals surface area contributed by atoms with Gasteiger partial charge in [0, 0.05) is 23.4 Å². The molecule has 25 heavy (non-hydrogen) atoms. The van der Waals surface area contributed by atoms with Crippen LogP contribution < -0.4 is 10.7 Å². The van der Waals surface area contributed by atoms with Gasteiger partial charge >= 0.3 is 0 Å². The molecule has 0 bridgehead atoms. The number of nitrogens with zero attached hydrogens (tertiary/aromatic N) is 1. The predicted molar refractivity (Wildman–Crippen MR) is 99.2 cm³/mol. The van der Waals surface area contributed by atoms with E-state index in [0.29, 0.717) is 11.3 Å². The van der Waals surface area contributed by atoms with Crippen LogP contribution in [0.1, 0.15) is 28.8 Å². The Morgan fingerprint density at radius 1 is 1.00 bits per heavy atom. The molecule has 0 aromatic heterocycles. The van der Waals surface area contributed by atoms with Gasteiger partial charge in [0.05, 0.1) is 0 Å². The van der Waals surface area contributed by atoms with Crippen molar-refractivity contribution in [3.63, 3.8) is 0 Å². The fraction of sp³-hybridized carbons (Fsp3) is 0.150. The van der Waals surface area contributed by atoms with Crippen LogP contribution in [0.5, 0.6) is 0 Å². The molecule has 2 amide bonds. The minimum atomic E-state index is -0.301. The highest BCUT2D eigenvalue weighted by Crippen LogP contribution is 2.30. The lowest BCUT2D eigenvalue weighted by Crippen LogP contribution is -2.17. The maximum Gasteiger partial charge on any atom is 0.271 e. The Hall–Kier alpha value is -3.21. The number of benzene rings is 2. The third kappa shape index (κ3) is 5.14. The summed E-state index contributed by atoms with van der Waals surface area (Å²) in [5.41, 5.74) is 4.70. The molecule has 0 atom stereocenters. The number of carbonyl (C=O) groups excluding carboxylic acids is 2. The number of hydrogen-bond donors (Lipinski definition) is 2. The zero-order valence-corrected chi connectivity index (χ0v) is 13.7. The maximum absolute atomic E-state index is 12.0. The van der Waals surface area contributed by atoms with Gasteiger partial charge in [-0.1, -0.05) is 36.4 Å². The second-order valence-corrected chi connectivity index (χ2v) is 5.83. The molecule has 2 aromatic rings. The Morgan fingerprint density at radius 2 is 1.72 bits per heavy atom. The molecule has 5 nitrogen and oxygen atoms in total. The Kier molecular flexibility index (Phi) is 5.36. The second-order valence-electron chi connectivity index (χ2n) is 5.83. The fourth-order valence-corrected chi connectivity index (χ4v) is 2.22. The van der Waals surface area contributed by atoms with Gasteiger partial charge in [-0.2, -0.15) is 5.10 Å². The molecule has 0 radical (unpaired) electrons. The first-order valence-corrected chi connectivity index (χ1v) is 8.18. The van der Waals surface area contributed by atoms with Crippen molar-refractivity contribution in [2.24, 2.45) is 11.0 Å². The number of anilines is 1. The van der Waals surface area contributed by atoms with Crippen molar-refractivity contribution >= 4 is 29.8 Å². The monoisotopic (exact) mass is 333 g/mol. The summed E-state index contributed by atoms with van der Waals surface area (Å²) in [5.74, 6) is -0.0994. The Bertz CT molecular complexity index is 791. The zero-order chi connectivity index (χ0) is 17.5. The molecule has 1 fully saturated rings. The number of amides is 2. The van der Waals surface area contributed by atoms with E-state index in [-0.39, 0.29) is 17.7 Å². The first kappa shape index (κ1) is 16.6. The molecule has 1 aliphatic rings. The molecule has 0 aliphatic heterocycles. The number of rotatable bonds is 6. The molecule has 0 heterocycles. The Labute approximate surface area is 146 Å². The van der Waals surface area contributed by atoms with Crippen molar-refractivity contribution in [2.75, 3.05) is 5.32 Å². The molecular formula is C20H19N3O2. The highest BCUT2D eigenvalue weighted by Gasteiger charge is 2.29. The molecule has 3 rings (SSSR count). The summed E-state index contributed by atoms with van der Waals surface area (Å²) in [5, 5.41) is 6.72. The average molecular weight is 333 g/mol. The topological polar surface area (TPSA) is 70.6 Å². The van der Waals surface area contributed by atoms with E-state index in [9.17, 15) is 9.59 Å². The van der Waals surface area contributed by atoms with E-state index in [2.05, 4.69) is 15.8 Å². The van der Waals surface area contributed by atoms with Gasteiger partial charge in [0.2, 0.25) is 5.91 Å². The minimum absolute atomic E-state index is 0.0482. The van der Waals surface area contributed by atoms with Crippen molar-refractivity contribution in [3.8, 4) is 0 Å². The number of hydrogen-bond acceptors (Lipinski definition) is 3. The van der Waals surface area contributed by atoms with Crippen molar-refractivity contribution < 1.29 is 9.59 Å². The minimum Gasteiger partial charge on any atom is -0.326 e. The zero-order valence-electron chi connectivity index (χ0n) is 13.7. The van der Waals surface area contributed by atoms with E-state index >= 15 is 0 Å². The first-order valence-electron chi connectivity index (χ1n) is 8.18. The highest BCUT2D eigenvalue weighted by atomic mass is 16.2. The highest BCUT2D eigenvalue weighted by molar-refractivity contribution is 5.97. The van der Waals surface area contributed by atoms with Gasteiger partial charge < -0.3 is 5.32 Å². The lowest BCUT2D eigenvalue weighted by atomic mass is 10.2. The summed E-state index contributed by atoms with van der Waals surface area (Å²) in [6.45, 7) is 0. The van der Waals surface area contributed by atoms with Crippen molar-refractivity contribution in [1.82, 2.24) is 5.43 Å². The van der Waals surface area contributed by atoms with Crippen molar-refractivity contribution in [1.29, 1.82) is 0 Å². The van der Waals surface area contributed by atoms with E-state index in [4.69, 9.17) is 0 Å². The van der Waals surface area contributed by atoms with Gasteiger partial charge in [0.1, 0.15) is 0 Å². The van der Waals surface area contributed by atoms with Crippen molar-refractivity contribution in [3.05, 3.63) is 71.8 Å². The van der Waals surface area contributed by atoms with E-state index in [1.54, 1.807) is 30.3 Å². The molecule has 126 valence electrons. The van der Waals surface area contributed by atoms with Gasteiger partial charge in [-0.25, -0.2) is 5.43 Å². The van der Waals surface area contributed by atoms with Gasteiger partial charge in [0.15, 0.2) is 0 Å². The lowest BCUT2D eigenvalue weighted by molar-refractivity contribution is -0.117. The summed E-state index contributed by atoms with van der Waals surface area (Å²) >= 11 is 0. The van der Waals surface area contributed by atoms with Crippen molar-refractivity contribution in [2.45, 2.75) is 12.8 Å². The van der Waals surface area contributed by atoms with Crippen LogP contribution in [0.3, 0.4) is 0 Å². The average Bonchev–Trinajstić information content (AvgIpc) is 3.48. The Morgan fingerprint density at radius 3 is 2.40 bits per heavy atom. The fourth-order valence-electron chi connectivity index (χ4n) is 2.22. The van der Waals surface area contributed by atoms with Crippen LogP contribution in [0.2, 0.25) is 0 Å². The number of nitrogens with one attached hydrogen (secondary N) is 2. The third-order valence-electron chi connectivity index (χ3n) is 3.78. The van der Waals surface area contributed by atoms with Gasteiger partial charge in [0.25, 0.3) is 5.91 Å². The molecule has 1 saturated carbocycles. The number of hydrazone groups is 1. The summed E-state index contributed by atoms with van der Waals surface area (Å²) in [6.07, 6.45) is 7.10. The van der Waals surface area contributed by atoms with Gasteiger partial charge in [-0.3, -0.25) is 9.59 Å². The SMILES string of the molecule is O=C(N/N=C/C=C/c1ccccc1)c1ccc(NC(=O)C2CC2)cc1. The lowest BCUT2D eigenvalue weighted by Gasteiger charge is -2.05. The largest absolute Gasteiger partial charge is 0.326 e. The molecule has 1 aliphatic carbocycles. The van der Waals surface area contributed by atoms with E-state index in [1.807, 2.05) is 36.4 Å². The molecule has 0 saturated heterocycles. The standard InChI is InChI=1S/C20H19N3O2/c24-19(16-8-9-16)22-18-12-10-17(11-13-18)20(25)23-21-14-4-7-15-5-2-1-3-6-15/h1-7,10-14,16H,8-9H2,(H,22,24)(H,23,25)/b7-4+,21-14+. The molecular weight excluding hydrogens is 314 g/mol. The number of allylic oxidation sites excluding steroid dienone is 1. The molecule has 0 unspecified atom stereocenters. The Balaban J connectivity index is 1.48. The summed E-state index contributed by atoms with van der Waals surface area (Å²) in [6, 6.07) is 16.6. The van der Waals surface area contributed by atoms with E-state index < -0.39 is 0 Å². The van der Waals surface area contributed by atoms with Crippen LogP contribution in [0.15, 0.2) is 65.8 Å². The van der Waals surface area contributed by atoms with Gasteiger partial charge in [-0.15, -0.1) is 0 Å². The van der Waals surface area contributed by atoms with Crippen LogP contribution in [0, 0.1) is 5.92 Å². The van der Waals surface area contributed by atoms with Crippen LogP contribution in [-0.4, -0.2) is 18.0 Å². The second kappa shape index (κ2) is 8.06. The normalized spacial score (nSPS) is 13.9. The maximum atomic E-state index is 12.0. The summed E-state index contributed by atoms with van der Waals surface area (Å²) in [4.78, 5) is 23.7. The van der Waals surface area contributed by atoms with Crippen LogP contribution in [0.4, 0.5) is 5.69 Å². The summed E-state index contributed by atoms with van der Waals surface area (Å²) < 4.78 is 0. The molecule has 2 aromatic carbocycles. The van der Waals surface area contributed by atoms with E-state index in [1.165, 1.54) is 6.21 Å².